The van der Waals surface area contributed by atoms with Crippen LogP contribution >= 0.6 is 0 Å². The van der Waals surface area contributed by atoms with Crippen molar-refractivity contribution in [1.29, 1.82) is 0 Å². The average molecular weight is 270 g/mol. The summed E-state index contributed by atoms with van der Waals surface area (Å²) in [6.07, 6.45) is 5.74. The Morgan fingerprint density at radius 3 is 2.84 bits per heavy atom. The zero-order valence-electron chi connectivity index (χ0n) is 12.0. The minimum Gasteiger partial charge on any atom is -0.481 e. The summed E-state index contributed by atoms with van der Waals surface area (Å²) in [6.45, 7) is 5.65. The maximum absolute atomic E-state index is 11.8. The Morgan fingerprint density at radius 2 is 2.21 bits per heavy atom. The van der Waals surface area contributed by atoms with E-state index in [0.717, 1.165) is 19.4 Å². The van der Waals surface area contributed by atoms with E-state index in [1.165, 1.54) is 19.3 Å². The molecule has 5 nitrogen and oxygen atoms in total. The van der Waals surface area contributed by atoms with Crippen molar-refractivity contribution in [2.45, 2.75) is 64.5 Å². The third-order valence-electron chi connectivity index (χ3n) is 3.78. The number of unbranched alkanes of at least 4 members (excludes halogenated alkanes) is 3. The number of piperazine rings is 1. The maximum Gasteiger partial charge on any atom is 0.305 e. The molecule has 1 aliphatic heterocycles. The van der Waals surface area contributed by atoms with Crippen LogP contribution in [0.15, 0.2) is 0 Å². The predicted molar refractivity (Wildman–Crippen MR) is 74.0 cm³/mol. The summed E-state index contributed by atoms with van der Waals surface area (Å²) >= 11 is 0. The van der Waals surface area contributed by atoms with Gasteiger partial charge in [-0.25, -0.2) is 0 Å². The van der Waals surface area contributed by atoms with Gasteiger partial charge in [-0.2, -0.15) is 0 Å². The Morgan fingerprint density at radius 1 is 1.47 bits per heavy atom. The molecule has 0 aromatic heterocycles. The third-order valence-corrected chi connectivity index (χ3v) is 3.78. The SMILES string of the molecule is CCCCCCC(C)N1CCNC(=O)C1CC(=O)O. The van der Waals surface area contributed by atoms with Crippen LogP contribution in [-0.4, -0.2) is 47.1 Å². The van der Waals surface area contributed by atoms with Crippen molar-refractivity contribution in [3.63, 3.8) is 0 Å². The van der Waals surface area contributed by atoms with Gasteiger partial charge in [0.25, 0.3) is 0 Å². The third kappa shape index (κ3) is 5.19. The van der Waals surface area contributed by atoms with Gasteiger partial charge >= 0.3 is 5.97 Å². The van der Waals surface area contributed by atoms with Gasteiger partial charge in [-0.05, 0) is 13.3 Å². The van der Waals surface area contributed by atoms with Crippen LogP contribution in [-0.2, 0) is 9.59 Å². The van der Waals surface area contributed by atoms with Crippen molar-refractivity contribution in [2.75, 3.05) is 13.1 Å². The highest BCUT2D eigenvalue weighted by molar-refractivity contribution is 5.86. The highest BCUT2D eigenvalue weighted by Gasteiger charge is 2.33. The van der Waals surface area contributed by atoms with Crippen LogP contribution in [0.3, 0.4) is 0 Å². The number of carbonyl (C=O) groups excluding carboxylic acids is 1. The molecule has 1 amide bonds. The first kappa shape index (κ1) is 16.0. The van der Waals surface area contributed by atoms with Gasteiger partial charge in [-0.15, -0.1) is 0 Å². The lowest BCUT2D eigenvalue weighted by atomic mass is 10.0. The lowest BCUT2D eigenvalue weighted by molar-refractivity contribution is -0.143. The molecule has 2 unspecified atom stereocenters. The highest BCUT2D eigenvalue weighted by atomic mass is 16.4. The molecule has 0 aliphatic carbocycles. The Hall–Kier alpha value is -1.10. The van der Waals surface area contributed by atoms with Gasteiger partial charge in [-0.1, -0.05) is 32.6 Å². The van der Waals surface area contributed by atoms with Crippen LogP contribution in [0.25, 0.3) is 0 Å². The van der Waals surface area contributed by atoms with E-state index in [0.29, 0.717) is 6.54 Å². The number of carboxylic acids is 1. The van der Waals surface area contributed by atoms with Crippen molar-refractivity contribution >= 4 is 11.9 Å². The molecule has 5 heteroatoms. The van der Waals surface area contributed by atoms with Crippen LogP contribution in [0.4, 0.5) is 0 Å². The van der Waals surface area contributed by atoms with Gasteiger partial charge in [0, 0.05) is 19.1 Å². The predicted octanol–water partition coefficient (Wildman–Crippen LogP) is 1.62. The molecular formula is C14H26N2O3. The number of rotatable bonds is 8. The number of aliphatic carboxylic acids is 1. The second kappa shape index (κ2) is 8.15. The number of hydrogen-bond acceptors (Lipinski definition) is 3. The monoisotopic (exact) mass is 270 g/mol. The van der Waals surface area contributed by atoms with E-state index in [4.69, 9.17) is 5.11 Å². The van der Waals surface area contributed by atoms with E-state index in [1.54, 1.807) is 0 Å². The molecule has 0 aromatic rings. The Balaban J connectivity index is 2.50. The van der Waals surface area contributed by atoms with Gasteiger partial charge in [0.05, 0.1) is 12.5 Å². The largest absolute Gasteiger partial charge is 0.481 e. The van der Waals surface area contributed by atoms with Crippen LogP contribution in [0.2, 0.25) is 0 Å². The second-order valence-corrected chi connectivity index (χ2v) is 5.34. The molecule has 1 saturated heterocycles. The van der Waals surface area contributed by atoms with Gasteiger partial charge in [-0.3, -0.25) is 14.5 Å². The summed E-state index contributed by atoms with van der Waals surface area (Å²) in [7, 11) is 0. The number of nitrogens with one attached hydrogen (secondary N) is 1. The first-order chi connectivity index (χ1) is 9.06. The molecule has 2 atom stereocenters. The van der Waals surface area contributed by atoms with E-state index >= 15 is 0 Å². The summed E-state index contributed by atoms with van der Waals surface area (Å²) in [6, 6.07) is -0.236. The van der Waals surface area contributed by atoms with Gasteiger partial charge in [0.1, 0.15) is 0 Å². The molecule has 2 N–H and O–H groups in total. The fourth-order valence-electron chi connectivity index (χ4n) is 2.67. The zero-order chi connectivity index (χ0) is 14.3. The normalized spacial score (nSPS) is 22.0. The van der Waals surface area contributed by atoms with Gasteiger partial charge < -0.3 is 10.4 Å². The lowest BCUT2D eigenvalue weighted by Gasteiger charge is -2.38. The minimum atomic E-state index is -0.912. The second-order valence-electron chi connectivity index (χ2n) is 5.34. The van der Waals surface area contributed by atoms with E-state index in [9.17, 15) is 9.59 Å². The molecular weight excluding hydrogens is 244 g/mol. The first-order valence-corrected chi connectivity index (χ1v) is 7.31. The van der Waals surface area contributed by atoms with Crippen LogP contribution in [0, 0.1) is 0 Å². The van der Waals surface area contributed by atoms with Crippen molar-refractivity contribution < 1.29 is 14.7 Å². The van der Waals surface area contributed by atoms with Crippen molar-refractivity contribution in [3.8, 4) is 0 Å². The Bertz CT molecular complexity index is 307. The molecule has 0 aromatic carbocycles. The molecule has 0 bridgehead atoms. The summed E-state index contributed by atoms with van der Waals surface area (Å²) < 4.78 is 0. The highest BCUT2D eigenvalue weighted by Crippen LogP contribution is 2.17. The number of carbonyl (C=O) groups is 2. The molecule has 1 aliphatic rings. The standard InChI is InChI=1S/C14H26N2O3/c1-3-4-5-6-7-11(2)16-9-8-15-14(19)12(16)10-13(17)18/h11-12H,3-10H2,1-2H3,(H,15,19)(H,17,18). The van der Waals surface area contributed by atoms with Crippen molar-refractivity contribution in [2.24, 2.45) is 0 Å². The summed E-state index contributed by atoms with van der Waals surface area (Å²) in [5, 5.41) is 11.7. The van der Waals surface area contributed by atoms with Crippen LogP contribution < -0.4 is 5.32 Å². The van der Waals surface area contributed by atoms with Gasteiger partial charge in [0.2, 0.25) is 5.91 Å². The van der Waals surface area contributed by atoms with Crippen LogP contribution in [0.1, 0.15) is 52.4 Å². The molecule has 1 fully saturated rings. The molecule has 0 radical (unpaired) electrons. The van der Waals surface area contributed by atoms with Crippen molar-refractivity contribution in [3.05, 3.63) is 0 Å². The zero-order valence-corrected chi connectivity index (χ0v) is 12.0. The maximum atomic E-state index is 11.8. The fourth-order valence-corrected chi connectivity index (χ4v) is 2.67. The summed E-state index contributed by atoms with van der Waals surface area (Å²) in [5.74, 6) is -1.06. The van der Waals surface area contributed by atoms with Gasteiger partial charge in [0.15, 0.2) is 0 Å². The molecule has 1 heterocycles. The summed E-state index contributed by atoms with van der Waals surface area (Å²) in [4.78, 5) is 24.7. The molecule has 0 saturated carbocycles. The minimum absolute atomic E-state index is 0.106. The Labute approximate surface area is 115 Å². The molecule has 1 rings (SSSR count). The fraction of sp³-hybridized carbons (Fsp3) is 0.857. The van der Waals surface area contributed by atoms with Crippen molar-refractivity contribution in [1.82, 2.24) is 10.2 Å². The number of carboxylic acid groups (broad SMARTS) is 1. The van der Waals surface area contributed by atoms with E-state index in [2.05, 4.69) is 24.1 Å². The van der Waals surface area contributed by atoms with E-state index in [-0.39, 0.29) is 18.4 Å². The first-order valence-electron chi connectivity index (χ1n) is 7.31. The average Bonchev–Trinajstić information content (AvgIpc) is 2.36. The molecule has 110 valence electrons. The summed E-state index contributed by atoms with van der Waals surface area (Å²) in [5.41, 5.74) is 0. The van der Waals surface area contributed by atoms with E-state index < -0.39 is 12.0 Å². The topological polar surface area (TPSA) is 69.6 Å². The Kier molecular flexibility index (Phi) is 6.84. The number of nitrogens with zero attached hydrogens (tertiary/aromatic N) is 1. The van der Waals surface area contributed by atoms with E-state index in [1.807, 2.05) is 0 Å². The molecule has 19 heavy (non-hydrogen) atoms. The lowest BCUT2D eigenvalue weighted by Crippen LogP contribution is -2.58. The number of amides is 1. The van der Waals surface area contributed by atoms with Crippen LogP contribution in [0.5, 0.6) is 0 Å². The smallest absolute Gasteiger partial charge is 0.305 e. The number of hydrogen-bond donors (Lipinski definition) is 2. The quantitative estimate of drug-likeness (QED) is 0.658. The molecule has 0 spiro atoms.